The van der Waals surface area contributed by atoms with Crippen molar-refractivity contribution in [1.82, 2.24) is 24.8 Å². The van der Waals surface area contributed by atoms with Crippen molar-refractivity contribution in [3.8, 4) is 10.7 Å². The average Bonchev–Trinajstić information content (AvgIpc) is 3.22. The molecule has 0 aliphatic carbocycles. The van der Waals surface area contributed by atoms with Gasteiger partial charge in [0.1, 0.15) is 0 Å². The summed E-state index contributed by atoms with van der Waals surface area (Å²) >= 11 is 1.68. The summed E-state index contributed by atoms with van der Waals surface area (Å²) in [7, 11) is 0. The SMILES string of the molecule is c1csc(-c2ncc3c(n2)CCN(Cc2cnc4ccccc4n2)C3)c1. The number of benzene rings is 1. The fourth-order valence-corrected chi connectivity index (χ4v) is 4.00. The van der Waals surface area contributed by atoms with Gasteiger partial charge in [-0.3, -0.25) is 9.88 Å². The van der Waals surface area contributed by atoms with Crippen LogP contribution in [0.15, 0.2) is 54.2 Å². The first kappa shape index (κ1) is 15.5. The fourth-order valence-electron chi connectivity index (χ4n) is 3.33. The number of aromatic nitrogens is 4. The van der Waals surface area contributed by atoms with Crippen LogP contribution in [-0.2, 0) is 19.5 Å². The lowest BCUT2D eigenvalue weighted by Gasteiger charge is -2.27. The van der Waals surface area contributed by atoms with Gasteiger partial charge in [0.15, 0.2) is 5.82 Å². The van der Waals surface area contributed by atoms with Crippen LogP contribution in [0.25, 0.3) is 21.7 Å². The van der Waals surface area contributed by atoms with Crippen LogP contribution in [0.5, 0.6) is 0 Å². The third-order valence-corrected chi connectivity index (χ3v) is 5.50. The summed E-state index contributed by atoms with van der Waals surface area (Å²) < 4.78 is 0. The molecule has 1 aliphatic heterocycles. The van der Waals surface area contributed by atoms with Crippen LogP contribution in [0.2, 0.25) is 0 Å². The lowest BCUT2D eigenvalue weighted by Crippen LogP contribution is -2.31. The Labute approximate surface area is 155 Å². The van der Waals surface area contributed by atoms with Crippen LogP contribution < -0.4 is 0 Å². The van der Waals surface area contributed by atoms with Crippen molar-refractivity contribution >= 4 is 22.4 Å². The maximum Gasteiger partial charge on any atom is 0.169 e. The van der Waals surface area contributed by atoms with E-state index in [4.69, 9.17) is 9.97 Å². The number of hydrogen-bond acceptors (Lipinski definition) is 6. The highest BCUT2D eigenvalue weighted by Crippen LogP contribution is 2.24. The largest absolute Gasteiger partial charge is 0.293 e. The molecule has 0 saturated carbocycles. The van der Waals surface area contributed by atoms with Crippen molar-refractivity contribution in [3.05, 3.63) is 71.1 Å². The van der Waals surface area contributed by atoms with E-state index >= 15 is 0 Å². The Balaban J connectivity index is 1.35. The molecule has 0 N–H and O–H groups in total. The van der Waals surface area contributed by atoms with Gasteiger partial charge in [-0.1, -0.05) is 18.2 Å². The van der Waals surface area contributed by atoms with Crippen molar-refractivity contribution in [2.45, 2.75) is 19.5 Å². The quantitative estimate of drug-likeness (QED) is 0.558. The maximum absolute atomic E-state index is 4.78. The molecule has 3 aromatic heterocycles. The second kappa shape index (κ2) is 6.55. The number of rotatable bonds is 3. The third-order valence-electron chi connectivity index (χ3n) is 4.64. The van der Waals surface area contributed by atoms with Gasteiger partial charge in [0.05, 0.1) is 33.5 Å². The van der Waals surface area contributed by atoms with Crippen molar-refractivity contribution in [2.24, 2.45) is 0 Å². The van der Waals surface area contributed by atoms with Crippen molar-refractivity contribution in [1.29, 1.82) is 0 Å². The summed E-state index contributed by atoms with van der Waals surface area (Å²) in [5.41, 5.74) is 5.28. The summed E-state index contributed by atoms with van der Waals surface area (Å²) in [5, 5.41) is 2.06. The van der Waals surface area contributed by atoms with Crippen LogP contribution in [0, 0.1) is 0 Å². The van der Waals surface area contributed by atoms with Gasteiger partial charge in [0.25, 0.3) is 0 Å². The Bertz CT molecular complexity index is 1060. The second-order valence-corrected chi connectivity index (χ2v) is 7.40. The molecule has 6 heteroatoms. The van der Waals surface area contributed by atoms with Crippen molar-refractivity contribution in [2.75, 3.05) is 6.54 Å². The lowest BCUT2D eigenvalue weighted by molar-refractivity contribution is 0.240. The van der Waals surface area contributed by atoms with E-state index in [1.807, 2.05) is 42.7 Å². The molecular formula is C20H17N5S. The average molecular weight is 359 g/mol. The lowest BCUT2D eigenvalue weighted by atomic mass is 10.1. The molecule has 0 saturated heterocycles. The highest BCUT2D eigenvalue weighted by molar-refractivity contribution is 7.13. The molecule has 4 aromatic rings. The van der Waals surface area contributed by atoms with Crippen molar-refractivity contribution < 1.29 is 0 Å². The molecule has 0 fully saturated rings. The number of nitrogens with zero attached hydrogens (tertiary/aromatic N) is 5. The molecule has 5 nitrogen and oxygen atoms in total. The smallest absolute Gasteiger partial charge is 0.169 e. The van der Waals surface area contributed by atoms with Crippen LogP contribution in [-0.4, -0.2) is 31.4 Å². The molecule has 5 rings (SSSR count). The monoisotopic (exact) mass is 359 g/mol. The van der Waals surface area contributed by atoms with E-state index in [1.165, 1.54) is 11.3 Å². The van der Waals surface area contributed by atoms with E-state index in [0.29, 0.717) is 0 Å². The number of fused-ring (bicyclic) bond motifs is 2. The topological polar surface area (TPSA) is 54.8 Å². The summed E-state index contributed by atoms with van der Waals surface area (Å²) in [5.74, 6) is 0.840. The van der Waals surface area contributed by atoms with Crippen LogP contribution in [0.4, 0.5) is 0 Å². The van der Waals surface area contributed by atoms with Crippen LogP contribution in [0.3, 0.4) is 0 Å². The minimum absolute atomic E-state index is 0.796. The zero-order chi connectivity index (χ0) is 17.3. The first-order valence-electron chi connectivity index (χ1n) is 8.67. The zero-order valence-corrected chi connectivity index (χ0v) is 15.0. The molecule has 128 valence electrons. The second-order valence-electron chi connectivity index (χ2n) is 6.45. The molecule has 0 amide bonds. The molecule has 0 bridgehead atoms. The fraction of sp³-hybridized carbons (Fsp3) is 0.200. The predicted octanol–water partition coefficient (Wildman–Crippen LogP) is 3.71. The van der Waals surface area contributed by atoms with Gasteiger partial charge in [-0.05, 0) is 23.6 Å². The van der Waals surface area contributed by atoms with Gasteiger partial charge >= 0.3 is 0 Å². The van der Waals surface area contributed by atoms with E-state index in [2.05, 4.69) is 26.3 Å². The van der Waals surface area contributed by atoms with Crippen LogP contribution >= 0.6 is 11.3 Å². The van der Waals surface area contributed by atoms with Gasteiger partial charge in [0, 0.05) is 37.8 Å². The standard InChI is InChI=1S/C20H17N5S/c1-2-5-18-17(4-1)21-11-15(23-18)13-25-8-7-16-14(12-25)10-22-20(24-16)19-6-3-9-26-19/h1-6,9-11H,7-8,12-13H2. The molecule has 0 spiro atoms. The molecule has 0 unspecified atom stereocenters. The maximum atomic E-state index is 4.78. The Hall–Kier alpha value is -2.70. The molecule has 26 heavy (non-hydrogen) atoms. The molecular weight excluding hydrogens is 342 g/mol. The normalized spacial score (nSPS) is 14.5. The van der Waals surface area contributed by atoms with E-state index in [-0.39, 0.29) is 0 Å². The van der Waals surface area contributed by atoms with E-state index in [1.54, 1.807) is 11.3 Å². The summed E-state index contributed by atoms with van der Waals surface area (Å²) in [4.78, 5) is 22.1. The molecule has 4 heterocycles. The summed E-state index contributed by atoms with van der Waals surface area (Å²) in [6.07, 6.45) is 4.81. The summed E-state index contributed by atoms with van der Waals surface area (Å²) in [6, 6.07) is 12.1. The Morgan fingerprint density at radius 2 is 1.88 bits per heavy atom. The highest BCUT2D eigenvalue weighted by Gasteiger charge is 2.19. The molecule has 1 aromatic carbocycles. The number of thiophene rings is 1. The van der Waals surface area contributed by atoms with E-state index in [0.717, 1.165) is 53.5 Å². The molecule has 0 atom stereocenters. The molecule has 1 aliphatic rings. The Morgan fingerprint density at radius 3 is 2.77 bits per heavy atom. The van der Waals surface area contributed by atoms with E-state index in [9.17, 15) is 0 Å². The Morgan fingerprint density at radius 1 is 0.962 bits per heavy atom. The number of hydrogen-bond donors (Lipinski definition) is 0. The van der Waals surface area contributed by atoms with E-state index < -0.39 is 0 Å². The molecule has 0 radical (unpaired) electrons. The number of para-hydroxylation sites is 2. The van der Waals surface area contributed by atoms with Gasteiger partial charge in [-0.25, -0.2) is 15.0 Å². The first-order valence-corrected chi connectivity index (χ1v) is 9.55. The first-order chi connectivity index (χ1) is 12.8. The van der Waals surface area contributed by atoms with Gasteiger partial charge in [0.2, 0.25) is 0 Å². The van der Waals surface area contributed by atoms with Crippen LogP contribution in [0.1, 0.15) is 17.0 Å². The zero-order valence-electron chi connectivity index (χ0n) is 14.2. The van der Waals surface area contributed by atoms with Gasteiger partial charge in [-0.2, -0.15) is 0 Å². The summed E-state index contributed by atoms with van der Waals surface area (Å²) in [6.45, 7) is 2.63. The Kier molecular flexibility index (Phi) is 3.92. The minimum Gasteiger partial charge on any atom is -0.293 e. The minimum atomic E-state index is 0.796. The van der Waals surface area contributed by atoms with Gasteiger partial charge in [-0.15, -0.1) is 11.3 Å². The van der Waals surface area contributed by atoms with Gasteiger partial charge < -0.3 is 0 Å². The predicted molar refractivity (Wildman–Crippen MR) is 103 cm³/mol. The van der Waals surface area contributed by atoms with Crippen molar-refractivity contribution in [3.63, 3.8) is 0 Å². The highest BCUT2D eigenvalue weighted by atomic mass is 32.1. The third kappa shape index (κ3) is 2.98.